The Hall–Kier alpha value is -1.43. The van der Waals surface area contributed by atoms with Gasteiger partial charge < -0.3 is 4.74 Å². The summed E-state index contributed by atoms with van der Waals surface area (Å²) in [6.07, 6.45) is 0.246. The van der Waals surface area contributed by atoms with Crippen LogP contribution in [0, 0.1) is 0 Å². The van der Waals surface area contributed by atoms with E-state index in [9.17, 15) is 14.0 Å². The van der Waals surface area contributed by atoms with Crippen molar-refractivity contribution in [1.29, 1.82) is 0 Å². The van der Waals surface area contributed by atoms with Gasteiger partial charge in [0.1, 0.15) is 0 Å². The molecule has 0 spiro atoms. The molecule has 1 aliphatic heterocycles. The van der Waals surface area contributed by atoms with Crippen molar-refractivity contribution in [3.63, 3.8) is 0 Å². The molecule has 1 aliphatic rings. The smallest absolute Gasteiger partial charge is 0.330 e. The topological polar surface area (TPSA) is 64.1 Å². The quantitative estimate of drug-likeness (QED) is 0.764. The van der Waals surface area contributed by atoms with Gasteiger partial charge in [-0.1, -0.05) is 0 Å². The number of aromatic nitrogens is 2. The number of hydrogen-bond donors (Lipinski definition) is 1. The number of ether oxygens (including phenoxy) is 1. The van der Waals surface area contributed by atoms with Gasteiger partial charge in [-0.05, 0) is 13.8 Å². The van der Waals surface area contributed by atoms with Gasteiger partial charge in [0, 0.05) is 18.7 Å². The normalized spacial score (nSPS) is 34.2. The van der Waals surface area contributed by atoms with E-state index < -0.39 is 23.1 Å². The van der Waals surface area contributed by atoms with Crippen molar-refractivity contribution in [2.45, 2.75) is 38.3 Å². The highest BCUT2D eigenvalue weighted by Gasteiger charge is 2.45. The minimum Gasteiger partial charge on any atom is -0.351 e. The lowest BCUT2D eigenvalue weighted by Crippen LogP contribution is -2.38. The molecule has 0 aromatic carbocycles. The molecule has 0 aliphatic carbocycles. The molecule has 2 rings (SSSR count). The second-order valence-electron chi connectivity index (χ2n) is 4.30. The average Bonchev–Trinajstić information content (AvgIpc) is 2.39. The third kappa shape index (κ3) is 1.80. The van der Waals surface area contributed by atoms with E-state index in [1.807, 2.05) is 0 Å². The first-order valence-electron chi connectivity index (χ1n) is 5.06. The van der Waals surface area contributed by atoms with Gasteiger partial charge in [-0.25, -0.2) is 9.18 Å². The number of alkyl halides is 1. The van der Waals surface area contributed by atoms with Crippen LogP contribution in [0.2, 0.25) is 0 Å². The van der Waals surface area contributed by atoms with Gasteiger partial charge in [0.15, 0.2) is 11.9 Å². The summed E-state index contributed by atoms with van der Waals surface area (Å²) in [6, 6.07) is 1.17. The molecular formula is C10H13FN2O3. The van der Waals surface area contributed by atoms with E-state index in [2.05, 4.69) is 4.98 Å². The molecule has 1 fully saturated rings. The predicted octanol–water partition coefficient (Wildman–Crippen LogP) is 0.572. The third-order valence-corrected chi connectivity index (χ3v) is 2.67. The first-order valence-corrected chi connectivity index (χ1v) is 5.06. The summed E-state index contributed by atoms with van der Waals surface area (Å²) in [5.41, 5.74) is -2.77. The lowest BCUT2D eigenvalue weighted by atomic mass is 10.0. The highest BCUT2D eigenvalue weighted by molar-refractivity contribution is 4.94. The van der Waals surface area contributed by atoms with Gasteiger partial charge in [-0.15, -0.1) is 0 Å². The largest absolute Gasteiger partial charge is 0.351 e. The molecule has 0 unspecified atom stereocenters. The summed E-state index contributed by atoms with van der Waals surface area (Å²) in [5, 5.41) is 0. The zero-order valence-electron chi connectivity index (χ0n) is 9.07. The first kappa shape index (κ1) is 11.1. The van der Waals surface area contributed by atoms with E-state index in [1.165, 1.54) is 19.2 Å². The van der Waals surface area contributed by atoms with Gasteiger partial charge in [0.25, 0.3) is 5.56 Å². The van der Waals surface area contributed by atoms with E-state index in [0.717, 1.165) is 4.57 Å². The number of H-pyrrole nitrogens is 1. The molecular weight excluding hydrogens is 215 g/mol. The highest BCUT2D eigenvalue weighted by Crippen LogP contribution is 2.39. The van der Waals surface area contributed by atoms with Crippen LogP contribution in [0.5, 0.6) is 0 Å². The molecule has 6 heteroatoms. The van der Waals surface area contributed by atoms with Crippen LogP contribution in [0.3, 0.4) is 0 Å². The monoisotopic (exact) mass is 228 g/mol. The molecule has 5 nitrogen and oxygen atoms in total. The van der Waals surface area contributed by atoms with Gasteiger partial charge in [0.2, 0.25) is 0 Å². The summed E-state index contributed by atoms with van der Waals surface area (Å²) < 4.78 is 20.5. The number of nitrogens with one attached hydrogen (secondary N) is 1. The Morgan fingerprint density at radius 2 is 2.31 bits per heavy atom. The fourth-order valence-corrected chi connectivity index (χ4v) is 2.04. The van der Waals surface area contributed by atoms with Crippen LogP contribution in [0.4, 0.5) is 4.39 Å². The number of hydrogen-bond acceptors (Lipinski definition) is 3. The summed E-state index contributed by atoms with van der Waals surface area (Å²) in [5.74, 6) is 0. The Labute approximate surface area is 90.9 Å². The molecule has 0 radical (unpaired) electrons. The summed E-state index contributed by atoms with van der Waals surface area (Å²) >= 11 is 0. The summed E-state index contributed by atoms with van der Waals surface area (Å²) in [4.78, 5) is 24.4. The van der Waals surface area contributed by atoms with E-state index in [1.54, 1.807) is 6.92 Å². The van der Waals surface area contributed by atoms with Crippen molar-refractivity contribution in [1.82, 2.24) is 9.55 Å². The van der Waals surface area contributed by atoms with E-state index in [4.69, 9.17) is 4.74 Å². The minimum absolute atomic E-state index is 0.225. The Morgan fingerprint density at radius 3 is 2.81 bits per heavy atom. The molecule has 88 valence electrons. The summed E-state index contributed by atoms with van der Waals surface area (Å²) in [6.45, 7) is 3.13. The van der Waals surface area contributed by atoms with Crippen LogP contribution in [0.1, 0.15) is 26.5 Å². The Balaban J connectivity index is 2.45. The minimum atomic E-state index is -1.61. The van der Waals surface area contributed by atoms with Crippen molar-refractivity contribution in [2.75, 3.05) is 0 Å². The van der Waals surface area contributed by atoms with Crippen molar-refractivity contribution in [3.05, 3.63) is 33.1 Å². The fraction of sp³-hybridized carbons (Fsp3) is 0.600. The lowest BCUT2D eigenvalue weighted by Gasteiger charge is -2.22. The van der Waals surface area contributed by atoms with Crippen molar-refractivity contribution in [3.8, 4) is 0 Å². The molecule has 0 saturated carbocycles. The average molecular weight is 228 g/mol. The number of rotatable bonds is 1. The van der Waals surface area contributed by atoms with Crippen molar-refractivity contribution >= 4 is 0 Å². The van der Waals surface area contributed by atoms with Gasteiger partial charge in [-0.3, -0.25) is 14.3 Å². The van der Waals surface area contributed by atoms with E-state index in [-0.39, 0.29) is 12.5 Å². The SMILES string of the molecule is C[C@@H]1C[C@@](C)(F)[C@H](n2ccc(=O)[nH]c2=O)O1. The predicted molar refractivity (Wildman–Crippen MR) is 55.0 cm³/mol. The van der Waals surface area contributed by atoms with Gasteiger partial charge in [-0.2, -0.15) is 0 Å². The van der Waals surface area contributed by atoms with Crippen LogP contribution in [-0.4, -0.2) is 21.3 Å². The molecule has 1 saturated heterocycles. The summed E-state index contributed by atoms with van der Waals surface area (Å²) in [7, 11) is 0. The molecule has 2 heterocycles. The third-order valence-electron chi connectivity index (χ3n) is 2.67. The lowest BCUT2D eigenvalue weighted by molar-refractivity contribution is -0.0449. The molecule has 16 heavy (non-hydrogen) atoms. The molecule has 0 bridgehead atoms. The molecule has 1 N–H and O–H groups in total. The zero-order chi connectivity index (χ0) is 11.9. The molecule has 0 amide bonds. The van der Waals surface area contributed by atoms with Crippen LogP contribution in [-0.2, 0) is 4.74 Å². The van der Waals surface area contributed by atoms with Gasteiger partial charge >= 0.3 is 5.69 Å². The Morgan fingerprint density at radius 1 is 1.62 bits per heavy atom. The van der Waals surface area contributed by atoms with Crippen molar-refractivity contribution < 1.29 is 9.13 Å². The maximum Gasteiger partial charge on any atom is 0.330 e. The number of halogens is 1. The van der Waals surface area contributed by atoms with E-state index in [0.29, 0.717) is 0 Å². The second kappa shape index (κ2) is 3.55. The number of nitrogens with zero attached hydrogens (tertiary/aromatic N) is 1. The van der Waals surface area contributed by atoms with Crippen LogP contribution < -0.4 is 11.2 Å². The zero-order valence-corrected chi connectivity index (χ0v) is 9.07. The fourth-order valence-electron chi connectivity index (χ4n) is 2.04. The van der Waals surface area contributed by atoms with E-state index >= 15 is 0 Å². The standard InChI is InChI=1S/C10H13FN2O3/c1-6-5-10(2,11)8(16-6)13-4-3-7(14)12-9(13)15/h3-4,6,8H,5H2,1-2H3,(H,12,14,15)/t6-,8-,10-/m1/s1. The maximum atomic E-state index is 14.1. The van der Waals surface area contributed by atoms with Gasteiger partial charge in [0.05, 0.1) is 6.10 Å². The van der Waals surface area contributed by atoms with Crippen LogP contribution >= 0.6 is 0 Å². The Bertz CT molecular complexity index is 505. The van der Waals surface area contributed by atoms with Crippen LogP contribution in [0.15, 0.2) is 21.9 Å². The maximum absolute atomic E-state index is 14.1. The van der Waals surface area contributed by atoms with Crippen LogP contribution in [0.25, 0.3) is 0 Å². The molecule has 1 aromatic heterocycles. The number of aromatic amines is 1. The van der Waals surface area contributed by atoms with Crippen molar-refractivity contribution in [2.24, 2.45) is 0 Å². The first-order chi connectivity index (χ1) is 7.40. The molecule has 3 atom stereocenters. The highest BCUT2D eigenvalue weighted by atomic mass is 19.1. The Kier molecular flexibility index (Phi) is 2.46. The second-order valence-corrected chi connectivity index (χ2v) is 4.30. The molecule has 1 aromatic rings.